The molecule has 3 rings (SSSR count). The van der Waals surface area contributed by atoms with E-state index in [1.54, 1.807) is 25.0 Å². The lowest BCUT2D eigenvalue weighted by Gasteiger charge is -2.22. The molecule has 0 aromatic heterocycles. The van der Waals surface area contributed by atoms with E-state index in [1.807, 2.05) is 48.5 Å². The quantitative estimate of drug-likeness (QED) is 0.844. The molecule has 134 valence electrons. The summed E-state index contributed by atoms with van der Waals surface area (Å²) in [7, 11) is 1.61. The van der Waals surface area contributed by atoms with Crippen LogP contribution in [-0.4, -0.2) is 31.5 Å². The molecule has 0 fully saturated rings. The maximum atomic E-state index is 12.7. The summed E-state index contributed by atoms with van der Waals surface area (Å²) in [5.41, 5.74) is 2.99. The van der Waals surface area contributed by atoms with E-state index in [-0.39, 0.29) is 11.8 Å². The highest BCUT2D eigenvalue weighted by molar-refractivity contribution is 6.02. The lowest BCUT2D eigenvalue weighted by molar-refractivity contribution is -0.124. The van der Waals surface area contributed by atoms with Gasteiger partial charge in [0.2, 0.25) is 11.8 Å². The Hall–Kier alpha value is -3.08. The fourth-order valence-corrected chi connectivity index (χ4v) is 3.01. The van der Waals surface area contributed by atoms with Crippen LogP contribution in [0.2, 0.25) is 0 Å². The first-order valence-electron chi connectivity index (χ1n) is 8.60. The number of methoxy groups -OCH3 is 1. The predicted octanol–water partition coefficient (Wildman–Crippen LogP) is 2.80. The van der Waals surface area contributed by atoms with E-state index >= 15 is 0 Å². The molecule has 0 saturated carbocycles. The van der Waals surface area contributed by atoms with E-state index in [0.29, 0.717) is 6.54 Å². The Morgan fingerprint density at radius 3 is 2.62 bits per heavy atom. The molecule has 0 spiro atoms. The number of amides is 2. The Kier molecular flexibility index (Phi) is 5.37. The van der Waals surface area contributed by atoms with Gasteiger partial charge in [-0.2, -0.15) is 0 Å². The van der Waals surface area contributed by atoms with Gasteiger partial charge in [0.15, 0.2) is 0 Å². The van der Waals surface area contributed by atoms with Crippen molar-refractivity contribution in [3.63, 3.8) is 0 Å². The van der Waals surface area contributed by atoms with Crippen molar-refractivity contribution in [2.75, 3.05) is 18.6 Å². The van der Waals surface area contributed by atoms with Crippen LogP contribution in [0.1, 0.15) is 18.1 Å². The van der Waals surface area contributed by atoms with Gasteiger partial charge in [-0.05, 0) is 48.7 Å². The van der Waals surface area contributed by atoms with Gasteiger partial charge in [0.1, 0.15) is 11.8 Å². The lowest BCUT2D eigenvalue weighted by Crippen LogP contribution is -2.46. The van der Waals surface area contributed by atoms with E-state index in [2.05, 4.69) is 5.32 Å². The highest BCUT2D eigenvalue weighted by Gasteiger charge is 2.28. The fourth-order valence-electron chi connectivity index (χ4n) is 3.01. The SMILES string of the molecule is COc1ccc(/C=C/C(=O)NC(C)C(=O)N2CCc3ccccc32)cc1. The molecule has 26 heavy (non-hydrogen) atoms. The zero-order chi connectivity index (χ0) is 18.5. The highest BCUT2D eigenvalue weighted by atomic mass is 16.5. The zero-order valence-corrected chi connectivity index (χ0v) is 14.9. The number of hydrogen-bond acceptors (Lipinski definition) is 3. The van der Waals surface area contributed by atoms with Crippen molar-refractivity contribution < 1.29 is 14.3 Å². The molecule has 0 aliphatic carbocycles. The van der Waals surface area contributed by atoms with Gasteiger partial charge in [-0.1, -0.05) is 30.3 Å². The lowest BCUT2D eigenvalue weighted by atomic mass is 10.2. The Labute approximate surface area is 153 Å². The third kappa shape index (κ3) is 3.94. The van der Waals surface area contributed by atoms with Gasteiger partial charge >= 0.3 is 0 Å². The standard InChI is InChI=1S/C21H22N2O3/c1-15(21(25)23-14-13-17-5-3-4-6-19(17)23)22-20(24)12-9-16-7-10-18(26-2)11-8-16/h3-12,15H,13-14H2,1-2H3,(H,22,24)/b12-9+. The second-order valence-electron chi connectivity index (χ2n) is 6.21. The van der Waals surface area contributed by atoms with E-state index in [1.165, 1.54) is 11.6 Å². The zero-order valence-electron chi connectivity index (χ0n) is 14.9. The van der Waals surface area contributed by atoms with Crippen molar-refractivity contribution in [3.05, 3.63) is 65.7 Å². The minimum atomic E-state index is -0.589. The molecule has 0 saturated heterocycles. The summed E-state index contributed by atoms with van der Waals surface area (Å²) in [5.74, 6) is 0.368. The van der Waals surface area contributed by atoms with Crippen LogP contribution in [0.3, 0.4) is 0 Å². The highest BCUT2D eigenvalue weighted by Crippen LogP contribution is 2.27. The molecular formula is C21H22N2O3. The van der Waals surface area contributed by atoms with Gasteiger partial charge < -0.3 is 15.0 Å². The van der Waals surface area contributed by atoms with Crippen molar-refractivity contribution in [1.82, 2.24) is 5.32 Å². The van der Waals surface area contributed by atoms with Crippen molar-refractivity contribution >= 4 is 23.6 Å². The van der Waals surface area contributed by atoms with Crippen molar-refractivity contribution in [3.8, 4) is 5.75 Å². The average Bonchev–Trinajstić information content (AvgIpc) is 3.10. The number of nitrogens with one attached hydrogen (secondary N) is 1. The Morgan fingerprint density at radius 1 is 1.15 bits per heavy atom. The van der Waals surface area contributed by atoms with Crippen LogP contribution >= 0.6 is 0 Å². The Balaban J connectivity index is 1.58. The van der Waals surface area contributed by atoms with Gasteiger partial charge in [-0.25, -0.2) is 0 Å². The summed E-state index contributed by atoms with van der Waals surface area (Å²) in [5, 5.41) is 2.74. The molecule has 5 heteroatoms. The van der Waals surface area contributed by atoms with Crippen LogP contribution in [-0.2, 0) is 16.0 Å². The van der Waals surface area contributed by atoms with Crippen LogP contribution in [0.15, 0.2) is 54.6 Å². The molecular weight excluding hydrogens is 328 g/mol. The molecule has 1 heterocycles. The molecule has 5 nitrogen and oxygen atoms in total. The van der Waals surface area contributed by atoms with Crippen LogP contribution in [0.25, 0.3) is 6.08 Å². The number of ether oxygens (including phenoxy) is 1. The average molecular weight is 350 g/mol. The van der Waals surface area contributed by atoms with Gasteiger partial charge in [-0.15, -0.1) is 0 Å². The topological polar surface area (TPSA) is 58.6 Å². The van der Waals surface area contributed by atoms with Gasteiger partial charge in [0.25, 0.3) is 0 Å². The molecule has 1 aliphatic rings. The summed E-state index contributed by atoms with van der Waals surface area (Å²) in [6, 6.07) is 14.7. The fraction of sp³-hybridized carbons (Fsp3) is 0.238. The largest absolute Gasteiger partial charge is 0.497 e. The van der Waals surface area contributed by atoms with Gasteiger partial charge in [0, 0.05) is 18.3 Å². The monoisotopic (exact) mass is 350 g/mol. The number of rotatable bonds is 5. The molecule has 1 N–H and O–H groups in total. The Bertz CT molecular complexity index is 827. The summed E-state index contributed by atoms with van der Waals surface area (Å²) in [6.07, 6.45) is 3.99. The van der Waals surface area contributed by atoms with Crippen LogP contribution < -0.4 is 15.0 Å². The smallest absolute Gasteiger partial charge is 0.249 e. The molecule has 2 aromatic carbocycles. The Morgan fingerprint density at radius 2 is 1.88 bits per heavy atom. The van der Waals surface area contributed by atoms with E-state index in [9.17, 15) is 9.59 Å². The number of fused-ring (bicyclic) bond motifs is 1. The first-order valence-corrected chi connectivity index (χ1v) is 8.60. The molecule has 2 amide bonds. The van der Waals surface area contributed by atoms with Gasteiger partial charge in [-0.3, -0.25) is 9.59 Å². The van der Waals surface area contributed by atoms with Crippen LogP contribution in [0.5, 0.6) is 5.75 Å². The van der Waals surface area contributed by atoms with Crippen LogP contribution in [0, 0.1) is 0 Å². The van der Waals surface area contributed by atoms with E-state index in [4.69, 9.17) is 4.74 Å². The normalized spacial score (nSPS) is 14.2. The van der Waals surface area contributed by atoms with Crippen LogP contribution in [0.4, 0.5) is 5.69 Å². The number of benzene rings is 2. The van der Waals surface area contributed by atoms with Crippen molar-refractivity contribution in [2.45, 2.75) is 19.4 Å². The molecule has 1 unspecified atom stereocenters. The first kappa shape index (κ1) is 17.7. The maximum Gasteiger partial charge on any atom is 0.249 e. The van der Waals surface area contributed by atoms with Crippen molar-refractivity contribution in [1.29, 1.82) is 0 Å². The number of para-hydroxylation sites is 1. The number of carbonyl (C=O) groups excluding carboxylic acids is 2. The van der Waals surface area contributed by atoms with E-state index < -0.39 is 6.04 Å². The van der Waals surface area contributed by atoms with Gasteiger partial charge in [0.05, 0.1) is 7.11 Å². The molecule has 1 aliphatic heterocycles. The molecule has 0 bridgehead atoms. The van der Waals surface area contributed by atoms with Crippen molar-refractivity contribution in [2.24, 2.45) is 0 Å². The van der Waals surface area contributed by atoms with E-state index in [0.717, 1.165) is 23.4 Å². The first-order chi connectivity index (χ1) is 12.6. The summed E-state index contributed by atoms with van der Waals surface area (Å²) >= 11 is 0. The number of hydrogen-bond donors (Lipinski definition) is 1. The second kappa shape index (κ2) is 7.87. The molecule has 1 atom stereocenters. The third-order valence-corrected chi connectivity index (χ3v) is 4.43. The maximum absolute atomic E-state index is 12.7. The number of anilines is 1. The number of carbonyl (C=O) groups is 2. The summed E-state index contributed by atoms with van der Waals surface area (Å²) in [6.45, 7) is 2.36. The minimum Gasteiger partial charge on any atom is -0.497 e. The summed E-state index contributed by atoms with van der Waals surface area (Å²) < 4.78 is 5.10. The molecule has 2 aromatic rings. The second-order valence-corrected chi connectivity index (χ2v) is 6.21. The third-order valence-electron chi connectivity index (χ3n) is 4.43. The number of nitrogens with zero attached hydrogens (tertiary/aromatic N) is 1. The minimum absolute atomic E-state index is 0.0962. The molecule has 0 radical (unpaired) electrons. The predicted molar refractivity (Wildman–Crippen MR) is 102 cm³/mol. The summed E-state index contributed by atoms with van der Waals surface area (Å²) in [4.78, 5) is 26.5.